The Hall–Kier alpha value is -2.33. The summed E-state index contributed by atoms with van der Waals surface area (Å²) in [5, 5.41) is 3.41. The fraction of sp³-hybridized carbons (Fsp3) is 0.458. The predicted octanol–water partition coefficient (Wildman–Crippen LogP) is 4.66. The Morgan fingerprint density at radius 1 is 1.04 bits per heavy atom. The zero-order valence-electron chi connectivity index (χ0n) is 17.7. The molecule has 3 rings (SSSR count). The summed E-state index contributed by atoms with van der Waals surface area (Å²) in [4.78, 5) is 15.7. The average Bonchev–Trinajstić information content (AvgIpc) is 3.17. The van der Waals surface area contributed by atoms with Crippen LogP contribution < -0.4 is 10.1 Å². The van der Waals surface area contributed by atoms with Crippen molar-refractivity contribution in [1.82, 2.24) is 10.2 Å². The number of methoxy groups -OCH3 is 1. The average molecular weight is 381 g/mol. The summed E-state index contributed by atoms with van der Waals surface area (Å²) >= 11 is 0. The van der Waals surface area contributed by atoms with Crippen molar-refractivity contribution < 1.29 is 9.53 Å². The highest BCUT2D eigenvalue weighted by atomic mass is 16.5. The number of nitrogens with zero attached hydrogens (tertiary/aromatic N) is 1. The third kappa shape index (κ3) is 3.79. The third-order valence-corrected chi connectivity index (χ3v) is 6.33. The van der Waals surface area contributed by atoms with Gasteiger partial charge in [0.2, 0.25) is 0 Å². The van der Waals surface area contributed by atoms with Crippen molar-refractivity contribution in [3.8, 4) is 5.75 Å². The van der Waals surface area contributed by atoms with Gasteiger partial charge in [0.25, 0.3) is 5.91 Å². The fourth-order valence-electron chi connectivity index (χ4n) is 4.68. The van der Waals surface area contributed by atoms with Gasteiger partial charge < -0.3 is 15.0 Å². The second kappa shape index (κ2) is 8.36. The summed E-state index contributed by atoms with van der Waals surface area (Å²) in [7, 11) is 5.94. The molecule has 1 fully saturated rings. The summed E-state index contributed by atoms with van der Waals surface area (Å²) < 4.78 is 5.33. The van der Waals surface area contributed by atoms with Gasteiger partial charge in [0.15, 0.2) is 0 Å². The number of nitrogens with one attached hydrogen (secondary N) is 1. The number of carbonyl (C=O) groups is 1. The first kappa shape index (κ1) is 20.4. The van der Waals surface area contributed by atoms with E-state index in [9.17, 15) is 4.79 Å². The number of hydrogen-bond donors (Lipinski definition) is 1. The summed E-state index contributed by atoms with van der Waals surface area (Å²) in [6.07, 6.45) is 4.52. The Morgan fingerprint density at radius 2 is 1.61 bits per heavy atom. The smallest absolute Gasteiger partial charge is 0.252 e. The van der Waals surface area contributed by atoms with Crippen LogP contribution in [0.15, 0.2) is 42.5 Å². The van der Waals surface area contributed by atoms with E-state index < -0.39 is 0 Å². The molecular formula is C24H32N2O2. The van der Waals surface area contributed by atoms with E-state index in [0.29, 0.717) is 0 Å². The van der Waals surface area contributed by atoms with Crippen LogP contribution in [0, 0.1) is 13.8 Å². The van der Waals surface area contributed by atoms with Crippen molar-refractivity contribution in [3.05, 3.63) is 64.7 Å². The molecule has 1 unspecified atom stereocenters. The third-order valence-electron chi connectivity index (χ3n) is 6.33. The molecule has 1 N–H and O–H groups in total. The van der Waals surface area contributed by atoms with Gasteiger partial charge in [-0.3, -0.25) is 4.79 Å². The zero-order chi connectivity index (χ0) is 20.3. The Morgan fingerprint density at radius 3 is 2.11 bits per heavy atom. The van der Waals surface area contributed by atoms with Crippen molar-refractivity contribution in [2.45, 2.75) is 51.1 Å². The first-order valence-corrected chi connectivity index (χ1v) is 10.1. The van der Waals surface area contributed by atoms with Crippen molar-refractivity contribution in [2.24, 2.45) is 0 Å². The Kier molecular flexibility index (Phi) is 6.09. The number of likely N-dealkylation sites (N-methyl/N-ethyl adjacent to an activating group) is 1. The molecule has 1 saturated carbocycles. The maximum Gasteiger partial charge on any atom is 0.252 e. The van der Waals surface area contributed by atoms with E-state index in [2.05, 4.69) is 36.4 Å². The molecule has 150 valence electrons. The van der Waals surface area contributed by atoms with Gasteiger partial charge >= 0.3 is 0 Å². The molecule has 0 aromatic heterocycles. The topological polar surface area (TPSA) is 41.6 Å². The van der Waals surface area contributed by atoms with Gasteiger partial charge in [-0.1, -0.05) is 43.2 Å². The van der Waals surface area contributed by atoms with Crippen molar-refractivity contribution in [1.29, 1.82) is 0 Å². The van der Waals surface area contributed by atoms with Crippen molar-refractivity contribution >= 4 is 5.91 Å². The van der Waals surface area contributed by atoms with Crippen LogP contribution in [0.2, 0.25) is 0 Å². The van der Waals surface area contributed by atoms with Gasteiger partial charge in [0.05, 0.1) is 13.2 Å². The van der Waals surface area contributed by atoms with Crippen LogP contribution in [0.3, 0.4) is 0 Å². The lowest BCUT2D eigenvalue weighted by atomic mass is 9.82. The number of carbonyl (C=O) groups excluding carboxylic acids is 1. The van der Waals surface area contributed by atoms with Gasteiger partial charge in [0.1, 0.15) is 5.75 Å². The lowest BCUT2D eigenvalue weighted by molar-refractivity contribution is 0.0765. The number of ether oxygens (including phenoxy) is 1. The highest BCUT2D eigenvalue weighted by Crippen LogP contribution is 2.44. The Labute approximate surface area is 168 Å². The standard InChI is InChI=1S/C24H32N2O2/c1-17-9-8-10-18(2)21(17)23(27)25-22(19-11-13-20(28-5)14-12-19)24(26(3)4)15-6-7-16-24/h8-14,22H,6-7,15-16H2,1-5H3,(H,25,27). The van der Waals surface area contributed by atoms with Gasteiger partial charge in [0, 0.05) is 11.1 Å². The molecule has 0 saturated heterocycles. The second-order valence-corrected chi connectivity index (χ2v) is 8.15. The first-order valence-electron chi connectivity index (χ1n) is 10.1. The molecular weight excluding hydrogens is 348 g/mol. The molecule has 2 aromatic rings. The fourth-order valence-corrected chi connectivity index (χ4v) is 4.68. The van der Waals surface area contributed by atoms with E-state index in [4.69, 9.17) is 4.74 Å². The van der Waals surface area contributed by atoms with Crippen LogP contribution in [0.1, 0.15) is 58.8 Å². The zero-order valence-corrected chi connectivity index (χ0v) is 17.7. The molecule has 1 amide bonds. The summed E-state index contributed by atoms with van der Waals surface area (Å²) in [5.41, 5.74) is 3.84. The molecule has 2 aromatic carbocycles. The van der Waals surface area contributed by atoms with Crippen LogP contribution in [0.5, 0.6) is 5.75 Å². The SMILES string of the molecule is COc1ccc(C(NC(=O)c2c(C)cccc2C)C2(N(C)C)CCCC2)cc1. The van der Waals surface area contributed by atoms with Crippen molar-refractivity contribution in [3.63, 3.8) is 0 Å². The number of aryl methyl sites for hydroxylation is 2. The summed E-state index contributed by atoms with van der Waals surface area (Å²) in [6, 6.07) is 14.0. The maximum atomic E-state index is 13.4. The molecule has 1 atom stereocenters. The maximum absolute atomic E-state index is 13.4. The molecule has 0 radical (unpaired) electrons. The van der Waals surface area contributed by atoms with E-state index in [-0.39, 0.29) is 17.5 Å². The van der Waals surface area contributed by atoms with Crippen LogP contribution in [-0.4, -0.2) is 37.6 Å². The van der Waals surface area contributed by atoms with E-state index in [1.165, 1.54) is 12.8 Å². The quantitative estimate of drug-likeness (QED) is 0.793. The van der Waals surface area contributed by atoms with Gasteiger partial charge in [-0.05, 0) is 69.6 Å². The van der Waals surface area contributed by atoms with Crippen LogP contribution in [0.4, 0.5) is 0 Å². The minimum atomic E-state index is -0.0825. The van der Waals surface area contributed by atoms with Crippen LogP contribution >= 0.6 is 0 Å². The lowest BCUT2D eigenvalue weighted by Crippen LogP contribution is -2.53. The number of hydrogen-bond acceptors (Lipinski definition) is 3. The number of rotatable bonds is 6. The van der Waals surface area contributed by atoms with Gasteiger partial charge in [-0.25, -0.2) is 0 Å². The molecule has 0 bridgehead atoms. The number of amides is 1. The monoisotopic (exact) mass is 380 g/mol. The molecule has 1 aliphatic rings. The van der Waals surface area contributed by atoms with E-state index in [0.717, 1.165) is 40.8 Å². The first-order chi connectivity index (χ1) is 13.4. The molecule has 0 aliphatic heterocycles. The Balaban J connectivity index is 2.02. The number of benzene rings is 2. The van der Waals surface area contributed by atoms with E-state index in [1.54, 1.807) is 7.11 Å². The predicted molar refractivity (Wildman–Crippen MR) is 114 cm³/mol. The van der Waals surface area contributed by atoms with Gasteiger partial charge in [-0.2, -0.15) is 0 Å². The van der Waals surface area contributed by atoms with Crippen LogP contribution in [0.25, 0.3) is 0 Å². The normalized spacial score (nSPS) is 16.8. The molecule has 4 heteroatoms. The molecule has 4 nitrogen and oxygen atoms in total. The second-order valence-electron chi connectivity index (χ2n) is 8.15. The highest BCUT2D eigenvalue weighted by Gasteiger charge is 2.44. The Bertz CT molecular complexity index is 801. The largest absolute Gasteiger partial charge is 0.497 e. The lowest BCUT2D eigenvalue weighted by Gasteiger charge is -2.44. The van der Waals surface area contributed by atoms with E-state index >= 15 is 0 Å². The van der Waals surface area contributed by atoms with E-state index in [1.807, 2.05) is 44.2 Å². The summed E-state index contributed by atoms with van der Waals surface area (Å²) in [6.45, 7) is 4.00. The minimum absolute atomic E-state index is 0.00421. The summed E-state index contributed by atoms with van der Waals surface area (Å²) in [5.74, 6) is 0.832. The minimum Gasteiger partial charge on any atom is -0.497 e. The van der Waals surface area contributed by atoms with Crippen LogP contribution in [-0.2, 0) is 0 Å². The highest BCUT2D eigenvalue weighted by molar-refractivity contribution is 5.97. The molecule has 28 heavy (non-hydrogen) atoms. The van der Waals surface area contributed by atoms with Gasteiger partial charge in [-0.15, -0.1) is 0 Å². The van der Waals surface area contributed by atoms with Crippen molar-refractivity contribution in [2.75, 3.05) is 21.2 Å². The molecule has 0 heterocycles. The molecule has 1 aliphatic carbocycles. The molecule has 0 spiro atoms.